The Bertz CT molecular complexity index is 1470. The highest BCUT2D eigenvalue weighted by Crippen LogP contribution is 2.34. The fraction of sp³-hybridized carbons (Fsp3) is 0. The van der Waals surface area contributed by atoms with Crippen LogP contribution in [0.3, 0.4) is 0 Å². The van der Waals surface area contributed by atoms with Crippen molar-refractivity contribution in [2.24, 2.45) is 5.14 Å². The third-order valence-electron chi connectivity index (χ3n) is 4.72. The molecule has 0 unspecified atom stereocenters. The Labute approximate surface area is 204 Å². The molecule has 0 spiro atoms. The van der Waals surface area contributed by atoms with Gasteiger partial charge in [-0.05, 0) is 35.9 Å². The van der Waals surface area contributed by atoms with Gasteiger partial charge in [-0.15, -0.1) is 0 Å². The molecule has 1 amide bonds. The van der Waals surface area contributed by atoms with Crippen molar-refractivity contribution in [2.45, 2.75) is 4.90 Å². The molecule has 3 aromatic carbocycles. The number of sulfonamides is 1. The maximum absolute atomic E-state index is 13.0. The van der Waals surface area contributed by atoms with Crippen LogP contribution in [0.25, 0.3) is 22.4 Å². The van der Waals surface area contributed by atoms with Gasteiger partial charge in [-0.1, -0.05) is 70.9 Å². The molecule has 168 valence electrons. The summed E-state index contributed by atoms with van der Waals surface area (Å²) in [4.78, 5) is 17.5. The lowest BCUT2D eigenvalue weighted by molar-refractivity contribution is 0.103. The summed E-state index contributed by atoms with van der Waals surface area (Å²) in [6.07, 6.45) is 0. The van der Waals surface area contributed by atoms with Gasteiger partial charge in [0.25, 0.3) is 5.91 Å². The number of hydrogen-bond acceptors (Lipinski definition) is 6. The Morgan fingerprint density at radius 3 is 2.30 bits per heavy atom. The van der Waals surface area contributed by atoms with Gasteiger partial charge in [0.05, 0.1) is 21.3 Å². The minimum atomic E-state index is -3.89. The largest absolute Gasteiger partial charge is 0.398 e. The van der Waals surface area contributed by atoms with Crippen LogP contribution in [0.4, 0.5) is 11.4 Å². The third kappa shape index (κ3) is 5.02. The van der Waals surface area contributed by atoms with Gasteiger partial charge < -0.3 is 11.1 Å². The lowest BCUT2D eigenvalue weighted by Crippen LogP contribution is -2.13. The summed E-state index contributed by atoms with van der Waals surface area (Å²) in [5, 5.41) is 8.52. The Morgan fingerprint density at radius 2 is 1.64 bits per heavy atom. The van der Waals surface area contributed by atoms with Crippen molar-refractivity contribution in [1.82, 2.24) is 4.98 Å². The van der Waals surface area contributed by atoms with Crippen molar-refractivity contribution in [2.75, 3.05) is 11.1 Å². The molecule has 0 aliphatic rings. The van der Waals surface area contributed by atoms with E-state index in [1.54, 1.807) is 60.7 Å². The van der Waals surface area contributed by atoms with Crippen LogP contribution in [0.1, 0.15) is 9.67 Å². The first-order chi connectivity index (χ1) is 15.6. The fourth-order valence-electron chi connectivity index (χ4n) is 3.21. The number of carbonyl (C=O) groups is 1. The lowest BCUT2D eigenvalue weighted by atomic mass is 10.1. The Balaban J connectivity index is 1.61. The summed E-state index contributed by atoms with van der Waals surface area (Å²) in [5.74, 6) is -0.402. The van der Waals surface area contributed by atoms with Gasteiger partial charge in [0.15, 0.2) is 4.47 Å². The standard InChI is InChI=1S/C22H16Cl2N4O3S2/c23-16-10-7-13(11-17(16)25)19-20(32-22(24)28-19)21(29)27-14-8-5-12(6-9-14)15-3-1-2-4-18(15)33(26,30)31/h1-11H,25H2,(H,27,29)(H2,26,30,31). The number of primary sulfonamides is 1. The number of halogens is 2. The molecule has 4 rings (SSSR count). The molecule has 33 heavy (non-hydrogen) atoms. The molecular formula is C22H16Cl2N4O3S2. The SMILES string of the molecule is Nc1cc(-c2nc(Cl)sc2C(=O)Nc2ccc(-c3ccccc3S(N)(=O)=O)cc2)ccc1Cl. The van der Waals surface area contributed by atoms with Crippen molar-refractivity contribution in [3.63, 3.8) is 0 Å². The second kappa shape index (κ2) is 9.12. The van der Waals surface area contributed by atoms with E-state index in [-0.39, 0.29) is 9.36 Å². The second-order valence-corrected chi connectivity index (χ2v) is 10.5. The van der Waals surface area contributed by atoms with Gasteiger partial charge in [-0.25, -0.2) is 18.5 Å². The van der Waals surface area contributed by atoms with E-state index in [9.17, 15) is 13.2 Å². The molecular weight excluding hydrogens is 503 g/mol. The van der Waals surface area contributed by atoms with Crippen molar-refractivity contribution < 1.29 is 13.2 Å². The zero-order chi connectivity index (χ0) is 23.8. The predicted molar refractivity (Wildman–Crippen MR) is 133 cm³/mol. The van der Waals surface area contributed by atoms with Gasteiger partial charge in [0.1, 0.15) is 4.88 Å². The Kier molecular flexibility index (Phi) is 6.42. The number of thiazole rings is 1. The van der Waals surface area contributed by atoms with E-state index in [0.29, 0.717) is 43.7 Å². The highest BCUT2D eigenvalue weighted by molar-refractivity contribution is 7.89. The molecule has 0 saturated carbocycles. The number of nitrogen functional groups attached to an aromatic ring is 1. The van der Waals surface area contributed by atoms with E-state index < -0.39 is 15.9 Å². The number of rotatable bonds is 5. The zero-order valence-electron chi connectivity index (χ0n) is 16.7. The third-order valence-corrected chi connectivity index (χ3v) is 7.20. The molecule has 0 aliphatic heterocycles. The highest BCUT2D eigenvalue weighted by atomic mass is 35.5. The monoisotopic (exact) mass is 518 g/mol. The number of benzene rings is 3. The number of nitrogens with two attached hydrogens (primary N) is 2. The van der Waals surface area contributed by atoms with E-state index in [4.69, 9.17) is 34.1 Å². The molecule has 1 aromatic heterocycles. The first kappa shape index (κ1) is 23.2. The van der Waals surface area contributed by atoms with Crippen molar-refractivity contribution in [1.29, 1.82) is 0 Å². The number of aromatic nitrogens is 1. The number of nitrogens with zero attached hydrogens (tertiary/aromatic N) is 1. The number of amides is 1. The quantitative estimate of drug-likeness (QED) is 0.310. The smallest absolute Gasteiger partial charge is 0.268 e. The second-order valence-electron chi connectivity index (χ2n) is 6.95. The van der Waals surface area contributed by atoms with Crippen LogP contribution >= 0.6 is 34.5 Å². The van der Waals surface area contributed by atoms with Crippen molar-refractivity contribution in [3.8, 4) is 22.4 Å². The summed E-state index contributed by atoms with van der Waals surface area (Å²) in [5.41, 5.74) is 8.85. The zero-order valence-corrected chi connectivity index (χ0v) is 19.9. The van der Waals surface area contributed by atoms with Crippen molar-refractivity contribution in [3.05, 3.63) is 81.1 Å². The summed E-state index contributed by atoms with van der Waals surface area (Å²) in [6, 6.07) is 18.1. The topological polar surface area (TPSA) is 128 Å². The Morgan fingerprint density at radius 1 is 0.970 bits per heavy atom. The molecule has 11 heteroatoms. The van der Waals surface area contributed by atoms with E-state index in [2.05, 4.69) is 10.3 Å². The van der Waals surface area contributed by atoms with Gasteiger partial charge in [0.2, 0.25) is 10.0 Å². The molecule has 4 aromatic rings. The number of nitrogens with one attached hydrogen (secondary N) is 1. The van der Waals surface area contributed by atoms with Gasteiger partial charge in [-0.3, -0.25) is 4.79 Å². The van der Waals surface area contributed by atoms with Crippen LogP contribution in [0.15, 0.2) is 71.6 Å². The van der Waals surface area contributed by atoms with E-state index in [1.165, 1.54) is 6.07 Å². The van der Waals surface area contributed by atoms with Crippen LogP contribution in [-0.2, 0) is 10.0 Å². The van der Waals surface area contributed by atoms with Crippen LogP contribution < -0.4 is 16.2 Å². The van der Waals surface area contributed by atoms with Crippen molar-refractivity contribution >= 4 is 61.8 Å². The first-order valence-corrected chi connectivity index (χ1v) is 12.5. The van der Waals surface area contributed by atoms with E-state index in [0.717, 1.165) is 11.3 Å². The number of hydrogen-bond donors (Lipinski definition) is 3. The van der Waals surface area contributed by atoms with E-state index in [1.807, 2.05) is 0 Å². The molecule has 1 heterocycles. The summed E-state index contributed by atoms with van der Waals surface area (Å²) in [6.45, 7) is 0. The number of anilines is 2. The first-order valence-electron chi connectivity index (χ1n) is 9.39. The van der Waals surface area contributed by atoms with Gasteiger partial charge in [0, 0.05) is 16.8 Å². The molecule has 7 nitrogen and oxygen atoms in total. The van der Waals surface area contributed by atoms with Gasteiger partial charge in [-0.2, -0.15) is 0 Å². The van der Waals surface area contributed by atoms with Crippen LogP contribution in [0.5, 0.6) is 0 Å². The fourth-order valence-corrected chi connectivity index (χ4v) is 5.11. The average Bonchev–Trinajstić information content (AvgIpc) is 3.17. The maximum atomic E-state index is 13.0. The normalized spacial score (nSPS) is 11.4. The number of carbonyl (C=O) groups excluding carboxylic acids is 1. The van der Waals surface area contributed by atoms with Crippen LogP contribution in [0, 0.1) is 0 Å². The molecule has 0 bridgehead atoms. The highest BCUT2D eigenvalue weighted by Gasteiger charge is 2.20. The Hall–Kier alpha value is -2.95. The molecule has 0 radical (unpaired) electrons. The molecule has 0 atom stereocenters. The molecule has 0 aliphatic carbocycles. The average molecular weight is 519 g/mol. The summed E-state index contributed by atoms with van der Waals surface area (Å²) in [7, 11) is -3.89. The van der Waals surface area contributed by atoms with E-state index >= 15 is 0 Å². The molecule has 5 N–H and O–H groups in total. The van der Waals surface area contributed by atoms with Crippen LogP contribution in [-0.4, -0.2) is 19.3 Å². The van der Waals surface area contributed by atoms with Gasteiger partial charge >= 0.3 is 0 Å². The maximum Gasteiger partial charge on any atom is 0.268 e. The summed E-state index contributed by atoms with van der Waals surface area (Å²) < 4.78 is 24.0. The minimum Gasteiger partial charge on any atom is -0.398 e. The lowest BCUT2D eigenvalue weighted by Gasteiger charge is -2.10. The molecule has 0 fully saturated rings. The van der Waals surface area contributed by atoms with Crippen LogP contribution in [0.2, 0.25) is 9.49 Å². The summed E-state index contributed by atoms with van der Waals surface area (Å²) >= 11 is 13.1. The predicted octanol–water partition coefficient (Wildman–Crippen LogP) is 5.27. The minimum absolute atomic E-state index is 0.0213. The molecule has 0 saturated heterocycles.